The van der Waals surface area contributed by atoms with Crippen molar-refractivity contribution < 1.29 is 23.7 Å². The van der Waals surface area contributed by atoms with Crippen LogP contribution in [0.25, 0.3) is 0 Å². The fraction of sp³-hybridized carbons (Fsp3) is 0.462. The van der Waals surface area contributed by atoms with E-state index in [1.807, 2.05) is 0 Å². The minimum atomic E-state index is -0.527. The Bertz CT molecular complexity index is 389. The van der Waals surface area contributed by atoms with Crippen molar-refractivity contribution in [2.75, 3.05) is 39.9 Å². The normalized spacial score (nSPS) is 10.4. The number of anilines is 1. The number of hydrogen-bond acceptors (Lipinski definition) is 5. The molecule has 0 heterocycles. The van der Waals surface area contributed by atoms with Crippen molar-refractivity contribution >= 4 is 11.8 Å². The van der Waals surface area contributed by atoms with E-state index < -0.39 is 12.4 Å². The number of rotatable bonds is 6. The lowest BCUT2D eigenvalue weighted by molar-refractivity contribution is -0.0944. The van der Waals surface area contributed by atoms with Crippen LogP contribution in [0.1, 0.15) is 0 Å². The molecule has 0 spiro atoms. The predicted molar refractivity (Wildman–Crippen MR) is 70.6 cm³/mol. The van der Waals surface area contributed by atoms with Crippen molar-refractivity contribution in [2.24, 2.45) is 0 Å². The second kappa shape index (κ2) is 7.60. The molecule has 1 aromatic rings. The van der Waals surface area contributed by atoms with E-state index in [4.69, 9.17) is 18.9 Å². The Hall–Kier alpha value is -1.79. The Balaban J connectivity index is 2.91. The Morgan fingerprint density at radius 2 is 1.68 bits per heavy atom. The van der Waals surface area contributed by atoms with Gasteiger partial charge in [0, 0.05) is 19.9 Å². The van der Waals surface area contributed by atoms with Gasteiger partial charge in [0.05, 0.1) is 20.8 Å². The van der Waals surface area contributed by atoms with Gasteiger partial charge in [-0.25, -0.2) is 4.79 Å². The summed E-state index contributed by atoms with van der Waals surface area (Å²) in [4.78, 5) is 13.2. The van der Waals surface area contributed by atoms with E-state index >= 15 is 0 Å². The molecule has 0 aliphatic rings. The third kappa shape index (κ3) is 4.11. The van der Waals surface area contributed by atoms with Crippen molar-refractivity contribution in [2.45, 2.75) is 6.29 Å². The van der Waals surface area contributed by atoms with Crippen LogP contribution in [-0.4, -0.2) is 47.4 Å². The van der Waals surface area contributed by atoms with Crippen molar-refractivity contribution in [1.82, 2.24) is 0 Å². The molecule has 19 heavy (non-hydrogen) atoms. The average Bonchev–Trinajstić information content (AvgIpc) is 2.48. The van der Waals surface area contributed by atoms with E-state index in [1.165, 1.54) is 26.2 Å². The van der Waals surface area contributed by atoms with Crippen LogP contribution in [0, 0.1) is 0 Å². The topological polar surface area (TPSA) is 57.2 Å². The van der Waals surface area contributed by atoms with Crippen molar-refractivity contribution in [3.8, 4) is 5.75 Å². The largest absolute Gasteiger partial charge is 0.497 e. The van der Waals surface area contributed by atoms with Gasteiger partial charge < -0.3 is 18.9 Å². The lowest BCUT2D eigenvalue weighted by atomic mass is 10.2. The summed E-state index contributed by atoms with van der Waals surface area (Å²) >= 11 is 0. The number of nitrogens with zero attached hydrogens (tertiary/aromatic N) is 1. The van der Waals surface area contributed by atoms with Crippen molar-refractivity contribution in [3.63, 3.8) is 0 Å². The molecular weight excluding hydrogens is 250 g/mol. The first kappa shape index (κ1) is 15.3. The first-order valence-corrected chi connectivity index (χ1v) is 5.71. The van der Waals surface area contributed by atoms with Crippen LogP contribution in [-0.2, 0) is 14.2 Å². The molecule has 1 rings (SSSR count). The first-order valence-electron chi connectivity index (χ1n) is 5.71. The molecule has 0 aliphatic carbocycles. The van der Waals surface area contributed by atoms with Gasteiger partial charge in [0.2, 0.25) is 0 Å². The third-order valence-corrected chi connectivity index (χ3v) is 2.64. The van der Waals surface area contributed by atoms with Crippen LogP contribution in [0.5, 0.6) is 5.75 Å². The van der Waals surface area contributed by atoms with Gasteiger partial charge in [-0.15, -0.1) is 0 Å². The molecule has 0 N–H and O–H groups in total. The van der Waals surface area contributed by atoms with Crippen molar-refractivity contribution in [1.29, 1.82) is 0 Å². The molecule has 0 radical (unpaired) electrons. The molecular formula is C13H19NO5. The summed E-state index contributed by atoms with van der Waals surface area (Å²) < 4.78 is 20.0. The fourth-order valence-corrected chi connectivity index (χ4v) is 1.55. The second-order valence-electron chi connectivity index (χ2n) is 3.68. The van der Waals surface area contributed by atoms with Crippen molar-refractivity contribution in [3.05, 3.63) is 24.3 Å². The summed E-state index contributed by atoms with van der Waals surface area (Å²) in [5.41, 5.74) is 0.673. The van der Waals surface area contributed by atoms with Gasteiger partial charge in [-0.1, -0.05) is 0 Å². The Morgan fingerprint density at radius 1 is 1.11 bits per heavy atom. The number of benzene rings is 1. The fourth-order valence-electron chi connectivity index (χ4n) is 1.55. The zero-order valence-electron chi connectivity index (χ0n) is 11.6. The summed E-state index contributed by atoms with van der Waals surface area (Å²) in [6, 6.07) is 7.05. The number of amides is 1. The van der Waals surface area contributed by atoms with Crippen LogP contribution < -0.4 is 9.64 Å². The second-order valence-corrected chi connectivity index (χ2v) is 3.68. The molecule has 0 aromatic heterocycles. The smallest absolute Gasteiger partial charge is 0.414 e. The molecule has 0 saturated carbocycles. The van der Waals surface area contributed by atoms with Crippen LogP contribution >= 0.6 is 0 Å². The van der Waals surface area contributed by atoms with Gasteiger partial charge in [-0.2, -0.15) is 0 Å². The number of methoxy groups -OCH3 is 4. The average molecular weight is 269 g/mol. The molecule has 6 nitrogen and oxygen atoms in total. The zero-order chi connectivity index (χ0) is 14.3. The van der Waals surface area contributed by atoms with E-state index in [1.54, 1.807) is 31.4 Å². The first-order chi connectivity index (χ1) is 9.15. The molecule has 0 unspecified atom stereocenters. The SMILES string of the molecule is COC(=O)N(CC(OC)OC)c1ccc(OC)cc1. The molecule has 0 atom stereocenters. The minimum absolute atomic E-state index is 0.228. The van der Waals surface area contributed by atoms with Crippen LogP contribution in [0.3, 0.4) is 0 Å². The summed E-state index contributed by atoms with van der Waals surface area (Å²) in [6.07, 6.45) is -1.01. The van der Waals surface area contributed by atoms with Gasteiger partial charge in [-0.05, 0) is 24.3 Å². The number of carbonyl (C=O) groups is 1. The maximum atomic E-state index is 11.8. The lowest BCUT2D eigenvalue weighted by Crippen LogP contribution is -2.39. The summed E-state index contributed by atoms with van der Waals surface area (Å²) in [7, 11) is 5.93. The molecule has 0 fully saturated rings. The minimum Gasteiger partial charge on any atom is -0.497 e. The van der Waals surface area contributed by atoms with Crippen LogP contribution in [0.15, 0.2) is 24.3 Å². The third-order valence-electron chi connectivity index (χ3n) is 2.64. The highest BCUT2D eigenvalue weighted by Crippen LogP contribution is 2.20. The summed E-state index contributed by atoms with van der Waals surface area (Å²) in [5, 5.41) is 0. The number of hydrogen-bond donors (Lipinski definition) is 0. The quantitative estimate of drug-likeness (QED) is 0.738. The lowest BCUT2D eigenvalue weighted by Gasteiger charge is -2.25. The Labute approximate surface area is 112 Å². The molecule has 1 aromatic carbocycles. The molecule has 6 heteroatoms. The summed E-state index contributed by atoms with van der Waals surface area (Å²) in [6.45, 7) is 0.228. The van der Waals surface area contributed by atoms with Gasteiger partial charge in [0.15, 0.2) is 6.29 Å². The van der Waals surface area contributed by atoms with Crippen LogP contribution in [0.4, 0.5) is 10.5 Å². The molecule has 106 valence electrons. The maximum Gasteiger partial charge on any atom is 0.414 e. The van der Waals surface area contributed by atoms with E-state index in [0.717, 1.165) is 0 Å². The van der Waals surface area contributed by atoms with Crippen LogP contribution in [0.2, 0.25) is 0 Å². The number of ether oxygens (including phenoxy) is 4. The standard InChI is InChI=1S/C13H19NO5/c1-16-11-7-5-10(6-8-11)14(13(15)19-4)9-12(17-2)18-3/h5-8,12H,9H2,1-4H3. The van der Waals surface area contributed by atoms with E-state index in [-0.39, 0.29) is 6.54 Å². The van der Waals surface area contributed by atoms with E-state index in [2.05, 4.69) is 0 Å². The Kier molecular flexibility index (Phi) is 6.11. The molecule has 0 aliphatic heterocycles. The van der Waals surface area contributed by atoms with E-state index in [0.29, 0.717) is 11.4 Å². The van der Waals surface area contributed by atoms with Gasteiger partial charge in [0.25, 0.3) is 0 Å². The highest BCUT2D eigenvalue weighted by atomic mass is 16.7. The maximum absolute atomic E-state index is 11.8. The predicted octanol–water partition coefficient (Wildman–Crippen LogP) is 1.89. The monoisotopic (exact) mass is 269 g/mol. The van der Waals surface area contributed by atoms with Gasteiger partial charge in [0.1, 0.15) is 5.75 Å². The Morgan fingerprint density at radius 3 is 2.11 bits per heavy atom. The number of carbonyl (C=O) groups excluding carboxylic acids is 1. The summed E-state index contributed by atoms with van der Waals surface area (Å²) in [5.74, 6) is 0.712. The van der Waals surface area contributed by atoms with Gasteiger partial charge in [-0.3, -0.25) is 4.90 Å². The zero-order valence-corrected chi connectivity index (χ0v) is 11.6. The van der Waals surface area contributed by atoms with E-state index in [9.17, 15) is 4.79 Å². The molecule has 1 amide bonds. The highest BCUT2D eigenvalue weighted by molar-refractivity contribution is 5.87. The highest BCUT2D eigenvalue weighted by Gasteiger charge is 2.21. The van der Waals surface area contributed by atoms with Gasteiger partial charge >= 0.3 is 6.09 Å². The molecule has 0 saturated heterocycles. The molecule has 0 bridgehead atoms.